The maximum absolute atomic E-state index is 11.5. The lowest BCUT2D eigenvalue weighted by Crippen LogP contribution is -2.39. The molecule has 0 radical (unpaired) electrons. The molecule has 0 aromatic carbocycles. The van der Waals surface area contributed by atoms with Gasteiger partial charge in [-0.05, 0) is 38.0 Å². The molecule has 0 amide bonds. The van der Waals surface area contributed by atoms with Crippen molar-refractivity contribution in [1.82, 2.24) is 0 Å². The van der Waals surface area contributed by atoms with E-state index >= 15 is 0 Å². The SMILES string of the molecule is CCCCC1CCC(CC(O)CO)(C(=O)O)CC1. The first-order chi connectivity index (χ1) is 8.54. The molecule has 1 fully saturated rings. The minimum atomic E-state index is -0.909. The minimum Gasteiger partial charge on any atom is -0.481 e. The third-order valence-electron chi connectivity index (χ3n) is 4.32. The zero-order chi connectivity index (χ0) is 13.6. The second-order valence-corrected chi connectivity index (χ2v) is 5.71. The van der Waals surface area contributed by atoms with Gasteiger partial charge in [0.05, 0.1) is 18.1 Å². The van der Waals surface area contributed by atoms with Crippen molar-refractivity contribution in [3.8, 4) is 0 Å². The number of aliphatic hydroxyl groups is 2. The van der Waals surface area contributed by atoms with Crippen molar-refractivity contribution in [1.29, 1.82) is 0 Å². The zero-order valence-electron chi connectivity index (χ0n) is 11.3. The number of hydrogen-bond acceptors (Lipinski definition) is 3. The number of unbranched alkanes of at least 4 members (excludes halogenated alkanes) is 1. The van der Waals surface area contributed by atoms with Crippen molar-refractivity contribution >= 4 is 5.97 Å². The van der Waals surface area contributed by atoms with Crippen LogP contribution >= 0.6 is 0 Å². The Morgan fingerprint density at radius 1 is 1.39 bits per heavy atom. The van der Waals surface area contributed by atoms with Gasteiger partial charge in [0.2, 0.25) is 0 Å². The summed E-state index contributed by atoms with van der Waals surface area (Å²) in [4.78, 5) is 11.5. The standard InChI is InChI=1S/C14H26O4/c1-2-3-4-11-5-7-14(8-6-11,13(17)18)9-12(16)10-15/h11-12,15-16H,2-10H2,1H3,(H,17,18). The van der Waals surface area contributed by atoms with E-state index in [1.54, 1.807) is 0 Å². The quantitative estimate of drug-likeness (QED) is 0.654. The smallest absolute Gasteiger partial charge is 0.309 e. The Hall–Kier alpha value is -0.610. The van der Waals surface area contributed by atoms with Crippen LogP contribution in [0.1, 0.15) is 58.3 Å². The monoisotopic (exact) mass is 258 g/mol. The Bertz CT molecular complexity index is 257. The molecule has 1 rings (SSSR count). The molecule has 0 heterocycles. The lowest BCUT2D eigenvalue weighted by Gasteiger charge is -2.38. The summed E-state index contributed by atoms with van der Waals surface area (Å²) in [7, 11) is 0. The van der Waals surface area contributed by atoms with Gasteiger partial charge in [-0.15, -0.1) is 0 Å². The molecular weight excluding hydrogens is 232 g/mol. The first-order valence-corrected chi connectivity index (χ1v) is 7.06. The molecular formula is C14H26O4. The average Bonchev–Trinajstić information content (AvgIpc) is 2.37. The molecule has 0 bridgehead atoms. The van der Waals surface area contributed by atoms with E-state index in [2.05, 4.69) is 6.92 Å². The average molecular weight is 258 g/mol. The van der Waals surface area contributed by atoms with Gasteiger partial charge in [-0.2, -0.15) is 0 Å². The van der Waals surface area contributed by atoms with Crippen LogP contribution in [0.4, 0.5) is 0 Å². The van der Waals surface area contributed by atoms with Gasteiger partial charge in [-0.1, -0.05) is 26.2 Å². The topological polar surface area (TPSA) is 77.8 Å². The largest absolute Gasteiger partial charge is 0.481 e. The summed E-state index contributed by atoms with van der Waals surface area (Å²) in [5.74, 6) is -0.173. The van der Waals surface area contributed by atoms with E-state index in [1.807, 2.05) is 0 Å². The molecule has 3 N–H and O–H groups in total. The summed E-state index contributed by atoms with van der Waals surface area (Å²) in [5, 5.41) is 27.8. The van der Waals surface area contributed by atoms with E-state index in [9.17, 15) is 15.0 Å². The van der Waals surface area contributed by atoms with Gasteiger partial charge in [-0.25, -0.2) is 0 Å². The van der Waals surface area contributed by atoms with Crippen LogP contribution in [-0.2, 0) is 4.79 Å². The van der Waals surface area contributed by atoms with Crippen LogP contribution in [0.25, 0.3) is 0 Å². The van der Waals surface area contributed by atoms with Crippen molar-refractivity contribution in [2.75, 3.05) is 6.61 Å². The third-order valence-corrected chi connectivity index (χ3v) is 4.32. The van der Waals surface area contributed by atoms with Crippen molar-refractivity contribution in [3.05, 3.63) is 0 Å². The van der Waals surface area contributed by atoms with E-state index in [1.165, 1.54) is 19.3 Å². The normalized spacial score (nSPS) is 30.1. The Morgan fingerprint density at radius 2 is 2.00 bits per heavy atom. The number of carboxylic acid groups (broad SMARTS) is 1. The van der Waals surface area contributed by atoms with Crippen molar-refractivity contribution in [2.24, 2.45) is 11.3 Å². The number of carbonyl (C=O) groups is 1. The Balaban J connectivity index is 2.54. The highest BCUT2D eigenvalue weighted by Crippen LogP contribution is 2.44. The van der Waals surface area contributed by atoms with Gasteiger partial charge in [0.15, 0.2) is 0 Å². The number of aliphatic hydroxyl groups excluding tert-OH is 2. The number of hydrogen-bond donors (Lipinski definition) is 3. The van der Waals surface area contributed by atoms with Crippen molar-refractivity contribution < 1.29 is 20.1 Å². The molecule has 1 atom stereocenters. The molecule has 0 saturated heterocycles. The minimum absolute atomic E-state index is 0.180. The lowest BCUT2D eigenvalue weighted by molar-refractivity contribution is -0.154. The van der Waals surface area contributed by atoms with Gasteiger partial charge in [0.1, 0.15) is 0 Å². The van der Waals surface area contributed by atoms with E-state index in [0.717, 1.165) is 12.8 Å². The van der Waals surface area contributed by atoms with Crippen LogP contribution < -0.4 is 0 Å². The van der Waals surface area contributed by atoms with Gasteiger partial charge in [0.25, 0.3) is 0 Å². The Labute approximate surface area is 109 Å². The summed E-state index contributed by atoms with van der Waals surface area (Å²) >= 11 is 0. The molecule has 0 aliphatic heterocycles. The molecule has 0 aromatic heterocycles. The Kier molecular flexibility index (Phi) is 6.09. The molecule has 0 aromatic rings. The summed E-state index contributed by atoms with van der Waals surface area (Å²) < 4.78 is 0. The molecule has 1 aliphatic carbocycles. The first-order valence-electron chi connectivity index (χ1n) is 7.06. The zero-order valence-corrected chi connectivity index (χ0v) is 11.3. The highest BCUT2D eigenvalue weighted by Gasteiger charge is 2.42. The highest BCUT2D eigenvalue weighted by atomic mass is 16.4. The van der Waals surface area contributed by atoms with E-state index in [-0.39, 0.29) is 13.0 Å². The van der Waals surface area contributed by atoms with E-state index in [4.69, 9.17) is 5.11 Å². The lowest BCUT2D eigenvalue weighted by atomic mass is 9.67. The Morgan fingerprint density at radius 3 is 2.44 bits per heavy atom. The molecule has 1 unspecified atom stereocenters. The molecule has 18 heavy (non-hydrogen) atoms. The predicted molar refractivity (Wildman–Crippen MR) is 69.3 cm³/mol. The number of carboxylic acids is 1. The molecule has 4 heteroatoms. The van der Waals surface area contributed by atoms with Crippen LogP contribution in [-0.4, -0.2) is 34.0 Å². The molecule has 0 spiro atoms. The second kappa shape index (κ2) is 7.10. The number of rotatable bonds is 7. The summed E-state index contributed by atoms with van der Waals surface area (Å²) in [5.41, 5.74) is -0.815. The molecule has 4 nitrogen and oxygen atoms in total. The molecule has 106 valence electrons. The molecule has 1 aliphatic rings. The fourth-order valence-corrected chi connectivity index (χ4v) is 3.03. The second-order valence-electron chi connectivity index (χ2n) is 5.71. The van der Waals surface area contributed by atoms with Crippen LogP contribution in [0.3, 0.4) is 0 Å². The van der Waals surface area contributed by atoms with E-state index < -0.39 is 17.5 Å². The van der Waals surface area contributed by atoms with Crippen molar-refractivity contribution in [3.63, 3.8) is 0 Å². The first kappa shape index (κ1) is 15.4. The fourth-order valence-electron chi connectivity index (χ4n) is 3.03. The van der Waals surface area contributed by atoms with E-state index in [0.29, 0.717) is 18.8 Å². The van der Waals surface area contributed by atoms with Crippen LogP contribution in [0.2, 0.25) is 0 Å². The van der Waals surface area contributed by atoms with Gasteiger partial charge >= 0.3 is 5.97 Å². The maximum Gasteiger partial charge on any atom is 0.309 e. The maximum atomic E-state index is 11.5. The van der Waals surface area contributed by atoms with Crippen LogP contribution in [0.15, 0.2) is 0 Å². The van der Waals surface area contributed by atoms with Gasteiger partial charge in [-0.3, -0.25) is 4.79 Å². The molecule has 1 saturated carbocycles. The van der Waals surface area contributed by atoms with Crippen molar-refractivity contribution in [2.45, 2.75) is 64.4 Å². The fraction of sp³-hybridized carbons (Fsp3) is 0.929. The highest BCUT2D eigenvalue weighted by molar-refractivity contribution is 5.74. The van der Waals surface area contributed by atoms with Gasteiger partial charge < -0.3 is 15.3 Å². The van der Waals surface area contributed by atoms with Crippen LogP contribution in [0.5, 0.6) is 0 Å². The summed E-state index contributed by atoms with van der Waals surface area (Å²) in [6, 6.07) is 0. The summed E-state index contributed by atoms with van der Waals surface area (Å²) in [6.45, 7) is 1.82. The van der Waals surface area contributed by atoms with Gasteiger partial charge in [0, 0.05) is 0 Å². The number of aliphatic carboxylic acids is 1. The summed E-state index contributed by atoms with van der Waals surface area (Å²) in [6.07, 6.45) is 5.99. The predicted octanol–water partition coefficient (Wildman–Crippen LogP) is 2.18. The van der Waals surface area contributed by atoms with Crippen LogP contribution in [0, 0.1) is 11.3 Å². The third kappa shape index (κ3) is 3.95.